The van der Waals surface area contributed by atoms with E-state index in [4.69, 9.17) is 16.1 Å². The average molecular weight is 399 g/mol. The van der Waals surface area contributed by atoms with E-state index in [0.717, 1.165) is 36.1 Å². The van der Waals surface area contributed by atoms with Gasteiger partial charge in [0.2, 0.25) is 0 Å². The molecule has 0 spiro atoms. The van der Waals surface area contributed by atoms with E-state index in [9.17, 15) is 4.79 Å². The van der Waals surface area contributed by atoms with Crippen LogP contribution in [0.2, 0.25) is 5.02 Å². The summed E-state index contributed by atoms with van der Waals surface area (Å²) < 4.78 is 7.21. The minimum Gasteiger partial charge on any atom is -0.360 e. The van der Waals surface area contributed by atoms with Gasteiger partial charge in [0, 0.05) is 23.2 Å². The molecule has 1 atom stereocenters. The van der Waals surface area contributed by atoms with E-state index in [1.807, 2.05) is 37.4 Å². The highest BCUT2D eigenvalue weighted by molar-refractivity contribution is 6.30. The van der Waals surface area contributed by atoms with Gasteiger partial charge in [-0.3, -0.25) is 9.48 Å². The first kappa shape index (κ1) is 18.7. The Morgan fingerprint density at radius 3 is 2.82 bits per heavy atom. The van der Waals surface area contributed by atoms with Crippen molar-refractivity contribution in [3.05, 3.63) is 64.3 Å². The van der Waals surface area contributed by atoms with Crippen LogP contribution >= 0.6 is 11.6 Å². The van der Waals surface area contributed by atoms with Gasteiger partial charge in [0.05, 0.1) is 17.9 Å². The van der Waals surface area contributed by atoms with Crippen molar-refractivity contribution in [2.45, 2.75) is 46.1 Å². The molecule has 4 rings (SSSR count). The summed E-state index contributed by atoms with van der Waals surface area (Å²) in [6.07, 6.45) is 6.10. The molecule has 28 heavy (non-hydrogen) atoms. The van der Waals surface area contributed by atoms with Crippen molar-refractivity contribution >= 4 is 23.2 Å². The summed E-state index contributed by atoms with van der Waals surface area (Å²) in [6.45, 7) is 6.44. The molecule has 1 aliphatic carbocycles. The van der Waals surface area contributed by atoms with Crippen molar-refractivity contribution in [1.82, 2.24) is 14.9 Å². The fraction of sp³-hybridized carbons (Fsp3) is 0.381. The second-order valence-corrected chi connectivity index (χ2v) is 8.60. The maximum atomic E-state index is 12.8. The Morgan fingerprint density at radius 1 is 1.32 bits per heavy atom. The van der Waals surface area contributed by atoms with Crippen LogP contribution in [-0.2, 0) is 12.8 Å². The Morgan fingerprint density at radius 2 is 2.07 bits per heavy atom. The summed E-state index contributed by atoms with van der Waals surface area (Å²) in [7, 11) is 0. The van der Waals surface area contributed by atoms with Crippen LogP contribution in [0, 0.1) is 5.41 Å². The van der Waals surface area contributed by atoms with Crippen LogP contribution in [0.15, 0.2) is 41.2 Å². The summed E-state index contributed by atoms with van der Waals surface area (Å²) >= 11 is 5.96. The number of anilines is 1. The fourth-order valence-corrected chi connectivity index (χ4v) is 3.74. The highest BCUT2D eigenvalue weighted by Crippen LogP contribution is 2.36. The molecular weight excluding hydrogens is 376 g/mol. The zero-order chi connectivity index (χ0) is 19.9. The molecule has 0 saturated carbocycles. The number of hydrogen-bond donors (Lipinski definition) is 1. The van der Waals surface area contributed by atoms with Crippen molar-refractivity contribution in [3.63, 3.8) is 0 Å². The molecule has 0 bridgehead atoms. The molecule has 0 aliphatic heterocycles. The van der Waals surface area contributed by atoms with Gasteiger partial charge in [-0.1, -0.05) is 42.7 Å². The summed E-state index contributed by atoms with van der Waals surface area (Å²) in [5, 5.41) is 12.0. The predicted molar refractivity (Wildman–Crippen MR) is 108 cm³/mol. The Balaban J connectivity index is 1.50. The molecule has 1 N–H and O–H groups in total. The van der Waals surface area contributed by atoms with Crippen molar-refractivity contribution in [1.29, 1.82) is 0 Å². The van der Waals surface area contributed by atoms with E-state index in [-0.39, 0.29) is 17.4 Å². The molecule has 6 nitrogen and oxygen atoms in total. The van der Waals surface area contributed by atoms with Crippen LogP contribution in [0.4, 0.5) is 5.69 Å². The summed E-state index contributed by atoms with van der Waals surface area (Å²) in [5.41, 5.74) is 3.15. The lowest BCUT2D eigenvalue weighted by molar-refractivity contribution is 0.101. The lowest BCUT2D eigenvalue weighted by Gasteiger charge is -2.28. The standard InChI is InChI=1S/C21H23ClN4O2/c1-13(14-4-6-15(22)7-5-14)26-12-16(11-23-26)24-20(27)19-17-10-21(2,3)9-8-18(17)28-25-19/h4-7,11-13H,8-10H2,1-3H3,(H,24,27). The summed E-state index contributed by atoms with van der Waals surface area (Å²) in [5.74, 6) is 0.568. The molecule has 1 aromatic carbocycles. The van der Waals surface area contributed by atoms with Gasteiger partial charge in [0.1, 0.15) is 5.76 Å². The van der Waals surface area contributed by atoms with Gasteiger partial charge in [-0.2, -0.15) is 5.10 Å². The number of nitrogens with one attached hydrogen (secondary N) is 1. The summed E-state index contributed by atoms with van der Waals surface area (Å²) in [6, 6.07) is 7.67. The number of carbonyl (C=O) groups excluding carboxylic acids is 1. The van der Waals surface area contributed by atoms with Gasteiger partial charge >= 0.3 is 0 Å². The lowest BCUT2D eigenvalue weighted by Crippen LogP contribution is -2.24. The van der Waals surface area contributed by atoms with Crippen LogP contribution in [0.5, 0.6) is 0 Å². The third-order valence-corrected chi connectivity index (χ3v) is 5.63. The minimum atomic E-state index is -0.263. The number of amides is 1. The van der Waals surface area contributed by atoms with Crippen LogP contribution in [0.3, 0.4) is 0 Å². The second-order valence-electron chi connectivity index (χ2n) is 8.16. The second kappa shape index (κ2) is 7.09. The van der Waals surface area contributed by atoms with Crippen LogP contribution in [0.1, 0.15) is 60.6 Å². The number of fused-ring (bicyclic) bond motifs is 1. The quantitative estimate of drug-likeness (QED) is 0.678. The number of aromatic nitrogens is 3. The molecule has 0 saturated heterocycles. The van der Waals surface area contributed by atoms with Gasteiger partial charge in [0.25, 0.3) is 5.91 Å². The topological polar surface area (TPSA) is 73.0 Å². The number of rotatable bonds is 4. The Labute approximate surface area is 168 Å². The predicted octanol–water partition coefficient (Wildman–Crippen LogP) is 4.90. The lowest BCUT2D eigenvalue weighted by atomic mass is 9.76. The van der Waals surface area contributed by atoms with E-state index < -0.39 is 0 Å². The van der Waals surface area contributed by atoms with Crippen molar-refractivity contribution in [2.24, 2.45) is 5.41 Å². The molecule has 2 heterocycles. The van der Waals surface area contributed by atoms with Crippen LogP contribution < -0.4 is 5.32 Å². The van der Waals surface area contributed by atoms with E-state index in [0.29, 0.717) is 16.4 Å². The summed E-state index contributed by atoms with van der Waals surface area (Å²) in [4.78, 5) is 12.8. The molecule has 0 radical (unpaired) electrons. The molecular formula is C21H23ClN4O2. The normalized spacial score (nSPS) is 16.4. The van der Waals surface area contributed by atoms with Gasteiger partial charge in [-0.05, 0) is 42.9 Å². The third-order valence-electron chi connectivity index (χ3n) is 5.38. The number of benzene rings is 1. The van der Waals surface area contributed by atoms with Gasteiger partial charge in [-0.25, -0.2) is 0 Å². The van der Waals surface area contributed by atoms with Crippen molar-refractivity contribution in [3.8, 4) is 0 Å². The first-order valence-electron chi connectivity index (χ1n) is 9.41. The number of aryl methyl sites for hydroxylation is 1. The van der Waals surface area contributed by atoms with Crippen molar-refractivity contribution in [2.75, 3.05) is 5.32 Å². The molecule has 0 fully saturated rings. The highest BCUT2D eigenvalue weighted by atomic mass is 35.5. The molecule has 2 aromatic heterocycles. The average Bonchev–Trinajstić information content (AvgIpc) is 3.27. The molecule has 7 heteroatoms. The minimum absolute atomic E-state index is 0.0172. The highest BCUT2D eigenvalue weighted by Gasteiger charge is 2.32. The van der Waals surface area contributed by atoms with E-state index >= 15 is 0 Å². The SMILES string of the molecule is CC(c1ccc(Cl)cc1)n1cc(NC(=O)c2noc3c2CC(C)(C)CC3)cn1. The monoisotopic (exact) mass is 398 g/mol. The molecule has 1 amide bonds. The largest absolute Gasteiger partial charge is 0.360 e. The Hall–Kier alpha value is -2.60. The van der Waals surface area contributed by atoms with Crippen LogP contribution in [-0.4, -0.2) is 20.8 Å². The van der Waals surface area contributed by atoms with Gasteiger partial charge in [0.15, 0.2) is 5.69 Å². The molecule has 146 valence electrons. The third kappa shape index (κ3) is 3.69. The van der Waals surface area contributed by atoms with Gasteiger partial charge < -0.3 is 9.84 Å². The van der Waals surface area contributed by atoms with Crippen molar-refractivity contribution < 1.29 is 9.32 Å². The van der Waals surface area contributed by atoms with Crippen LogP contribution in [0.25, 0.3) is 0 Å². The molecule has 3 aromatic rings. The van der Waals surface area contributed by atoms with E-state index in [1.54, 1.807) is 10.9 Å². The Kier molecular flexibility index (Phi) is 4.75. The van der Waals surface area contributed by atoms with E-state index in [2.05, 4.69) is 29.4 Å². The molecule has 1 unspecified atom stereocenters. The first-order valence-corrected chi connectivity index (χ1v) is 9.78. The Bertz CT molecular complexity index is 1000. The number of halogens is 1. The zero-order valence-corrected chi connectivity index (χ0v) is 17.0. The zero-order valence-electron chi connectivity index (χ0n) is 16.2. The van der Waals surface area contributed by atoms with Gasteiger partial charge in [-0.15, -0.1) is 0 Å². The number of nitrogens with zero attached hydrogens (tertiary/aromatic N) is 3. The maximum Gasteiger partial charge on any atom is 0.278 e. The first-order chi connectivity index (χ1) is 13.3. The number of hydrogen-bond acceptors (Lipinski definition) is 4. The smallest absolute Gasteiger partial charge is 0.278 e. The van der Waals surface area contributed by atoms with E-state index in [1.165, 1.54) is 0 Å². The maximum absolute atomic E-state index is 12.8. The fourth-order valence-electron chi connectivity index (χ4n) is 3.62. The number of carbonyl (C=O) groups is 1. The molecule has 1 aliphatic rings.